The first-order valence-electron chi connectivity index (χ1n) is 6.18. The van der Waals surface area contributed by atoms with E-state index in [4.69, 9.17) is 28.3 Å². The summed E-state index contributed by atoms with van der Waals surface area (Å²) in [5.74, 6) is -1.54. The third kappa shape index (κ3) is 4.09. The second-order valence-electron chi connectivity index (χ2n) is 4.41. The smallest absolute Gasteiger partial charge is 0.254 e. The molecule has 0 aliphatic carbocycles. The van der Waals surface area contributed by atoms with Gasteiger partial charge in [0.05, 0.1) is 5.56 Å². The van der Waals surface area contributed by atoms with Crippen molar-refractivity contribution in [1.82, 2.24) is 5.32 Å². The van der Waals surface area contributed by atoms with Crippen LogP contribution in [0.3, 0.4) is 0 Å². The van der Waals surface area contributed by atoms with Crippen LogP contribution in [0.1, 0.15) is 15.9 Å². The predicted molar refractivity (Wildman–Crippen MR) is 80.6 cm³/mol. The molecule has 0 aliphatic heterocycles. The number of hydrogen-bond acceptors (Lipinski definition) is 2. The summed E-state index contributed by atoms with van der Waals surface area (Å²) < 4.78 is 13.5. The number of phenolic OH excluding ortho intramolecular Hbond substituents is 1. The molecule has 6 heteroatoms. The Morgan fingerprint density at radius 1 is 1.19 bits per heavy atom. The molecule has 2 rings (SSSR count). The van der Waals surface area contributed by atoms with Gasteiger partial charge in [-0.3, -0.25) is 4.79 Å². The summed E-state index contributed by atoms with van der Waals surface area (Å²) in [5, 5.41) is 12.8. The van der Waals surface area contributed by atoms with E-state index in [1.54, 1.807) is 18.2 Å². The first-order valence-corrected chi connectivity index (χ1v) is 6.93. The SMILES string of the molecule is O=C(NCCc1ccc(Cl)cc1Cl)c1ccc(O)cc1F. The average Bonchev–Trinajstić information content (AvgIpc) is 2.41. The molecule has 0 unspecified atom stereocenters. The molecule has 0 fully saturated rings. The lowest BCUT2D eigenvalue weighted by atomic mass is 10.1. The van der Waals surface area contributed by atoms with Gasteiger partial charge in [0.25, 0.3) is 5.91 Å². The number of phenols is 1. The first-order chi connectivity index (χ1) is 9.97. The maximum atomic E-state index is 13.5. The highest BCUT2D eigenvalue weighted by molar-refractivity contribution is 6.35. The minimum Gasteiger partial charge on any atom is -0.508 e. The van der Waals surface area contributed by atoms with E-state index < -0.39 is 11.7 Å². The Balaban J connectivity index is 1.95. The van der Waals surface area contributed by atoms with Crippen LogP contribution in [-0.4, -0.2) is 17.6 Å². The summed E-state index contributed by atoms with van der Waals surface area (Å²) in [6.45, 7) is 0.306. The van der Waals surface area contributed by atoms with Crippen molar-refractivity contribution < 1.29 is 14.3 Å². The molecule has 0 bridgehead atoms. The predicted octanol–water partition coefficient (Wildman–Crippen LogP) is 3.81. The van der Waals surface area contributed by atoms with Gasteiger partial charge in [0.2, 0.25) is 0 Å². The Labute approximate surface area is 131 Å². The van der Waals surface area contributed by atoms with E-state index in [1.165, 1.54) is 12.1 Å². The number of carbonyl (C=O) groups excluding carboxylic acids is 1. The van der Waals surface area contributed by atoms with Crippen LogP contribution in [-0.2, 0) is 6.42 Å². The fourth-order valence-corrected chi connectivity index (χ4v) is 2.32. The molecule has 0 saturated heterocycles. The van der Waals surface area contributed by atoms with Crippen LogP contribution < -0.4 is 5.32 Å². The molecule has 1 amide bonds. The molecule has 21 heavy (non-hydrogen) atoms. The number of nitrogens with one attached hydrogen (secondary N) is 1. The monoisotopic (exact) mass is 327 g/mol. The van der Waals surface area contributed by atoms with Gasteiger partial charge in [-0.2, -0.15) is 0 Å². The Bertz CT molecular complexity index is 677. The number of amides is 1. The number of rotatable bonds is 4. The lowest BCUT2D eigenvalue weighted by Gasteiger charge is -2.08. The highest BCUT2D eigenvalue weighted by Crippen LogP contribution is 2.21. The van der Waals surface area contributed by atoms with Gasteiger partial charge in [0.15, 0.2) is 0 Å². The molecule has 2 aromatic carbocycles. The van der Waals surface area contributed by atoms with Crippen LogP contribution in [0.4, 0.5) is 4.39 Å². The van der Waals surface area contributed by atoms with Crippen LogP contribution in [0, 0.1) is 5.82 Å². The molecule has 2 aromatic rings. The first kappa shape index (κ1) is 15.6. The summed E-state index contributed by atoms with van der Waals surface area (Å²) in [7, 11) is 0. The highest BCUT2D eigenvalue weighted by Gasteiger charge is 2.12. The minimum atomic E-state index is -0.767. The molecule has 110 valence electrons. The topological polar surface area (TPSA) is 49.3 Å². The number of hydrogen-bond donors (Lipinski definition) is 2. The van der Waals surface area contributed by atoms with Gasteiger partial charge in [-0.1, -0.05) is 29.3 Å². The molecule has 3 nitrogen and oxygen atoms in total. The minimum absolute atomic E-state index is 0.116. The lowest BCUT2D eigenvalue weighted by Crippen LogP contribution is -2.26. The Kier molecular flexibility index (Phi) is 5.04. The van der Waals surface area contributed by atoms with Crippen LogP contribution in [0.25, 0.3) is 0 Å². The molecule has 0 aromatic heterocycles. The van der Waals surface area contributed by atoms with Gasteiger partial charge in [-0.05, 0) is 36.2 Å². The van der Waals surface area contributed by atoms with E-state index in [0.717, 1.165) is 11.6 Å². The van der Waals surface area contributed by atoms with E-state index >= 15 is 0 Å². The van der Waals surface area contributed by atoms with Gasteiger partial charge in [0, 0.05) is 22.7 Å². The third-order valence-corrected chi connectivity index (χ3v) is 3.48. The zero-order chi connectivity index (χ0) is 15.4. The number of benzene rings is 2. The molecule has 0 saturated carbocycles. The molecule has 0 heterocycles. The van der Waals surface area contributed by atoms with Crippen molar-refractivity contribution in [3.05, 3.63) is 63.4 Å². The zero-order valence-electron chi connectivity index (χ0n) is 10.9. The van der Waals surface area contributed by atoms with Crippen LogP contribution in [0.2, 0.25) is 10.0 Å². The fraction of sp³-hybridized carbons (Fsp3) is 0.133. The van der Waals surface area contributed by atoms with Crippen molar-refractivity contribution >= 4 is 29.1 Å². The van der Waals surface area contributed by atoms with E-state index in [9.17, 15) is 9.18 Å². The van der Waals surface area contributed by atoms with Crippen molar-refractivity contribution in [3.63, 3.8) is 0 Å². The normalized spacial score (nSPS) is 10.4. The molecule has 0 atom stereocenters. The van der Waals surface area contributed by atoms with Gasteiger partial charge < -0.3 is 10.4 Å². The molecule has 2 N–H and O–H groups in total. The van der Waals surface area contributed by atoms with E-state index in [2.05, 4.69) is 5.32 Å². The third-order valence-electron chi connectivity index (χ3n) is 2.89. The second kappa shape index (κ2) is 6.78. The van der Waals surface area contributed by atoms with Crippen LogP contribution >= 0.6 is 23.2 Å². The summed E-state index contributed by atoms with van der Waals surface area (Å²) in [6, 6.07) is 8.50. The number of carbonyl (C=O) groups is 1. The van der Waals surface area contributed by atoms with Crippen molar-refractivity contribution in [2.75, 3.05) is 6.54 Å². The Morgan fingerprint density at radius 2 is 1.95 bits per heavy atom. The maximum Gasteiger partial charge on any atom is 0.254 e. The van der Waals surface area contributed by atoms with Crippen LogP contribution in [0.5, 0.6) is 5.75 Å². The fourth-order valence-electron chi connectivity index (χ4n) is 1.82. The highest BCUT2D eigenvalue weighted by atomic mass is 35.5. The molecular formula is C15H12Cl2FNO2. The number of aromatic hydroxyl groups is 1. The molecule has 0 spiro atoms. The molecule has 0 radical (unpaired) electrons. The summed E-state index contributed by atoms with van der Waals surface area (Å²) >= 11 is 11.8. The summed E-state index contributed by atoms with van der Waals surface area (Å²) in [6.07, 6.45) is 0.501. The maximum absolute atomic E-state index is 13.5. The van der Waals surface area contributed by atoms with Gasteiger partial charge >= 0.3 is 0 Å². The van der Waals surface area contributed by atoms with Crippen molar-refractivity contribution in [1.29, 1.82) is 0 Å². The Hall–Kier alpha value is -1.78. The van der Waals surface area contributed by atoms with Crippen LogP contribution in [0.15, 0.2) is 36.4 Å². The van der Waals surface area contributed by atoms with E-state index in [1.807, 2.05) is 0 Å². The molecular weight excluding hydrogens is 316 g/mol. The average molecular weight is 328 g/mol. The number of halogens is 3. The van der Waals surface area contributed by atoms with Crippen molar-refractivity contribution in [3.8, 4) is 5.75 Å². The van der Waals surface area contributed by atoms with E-state index in [0.29, 0.717) is 23.0 Å². The lowest BCUT2D eigenvalue weighted by molar-refractivity contribution is 0.0950. The quantitative estimate of drug-likeness (QED) is 0.897. The summed E-state index contributed by atoms with van der Waals surface area (Å²) in [5.41, 5.74) is 0.725. The van der Waals surface area contributed by atoms with Gasteiger partial charge in [-0.15, -0.1) is 0 Å². The van der Waals surface area contributed by atoms with Crippen molar-refractivity contribution in [2.45, 2.75) is 6.42 Å². The Morgan fingerprint density at radius 3 is 2.62 bits per heavy atom. The second-order valence-corrected chi connectivity index (χ2v) is 5.25. The zero-order valence-corrected chi connectivity index (χ0v) is 12.4. The van der Waals surface area contributed by atoms with Crippen molar-refractivity contribution in [2.24, 2.45) is 0 Å². The van der Waals surface area contributed by atoms with Gasteiger partial charge in [-0.25, -0.2) is 4.39 Å². The van der Waals surface area contributed by atoms with Gasteiger partial charge in [0.1, 0.15) is 11.6 Å². The largest absolute Gasteiger partial charge is 0.508 e. The van der Waals surface area contributed by atoms with E-state index in [-0.39, 0.29) is 11.3 Å². The molecule has 0 aliphatic rings. The standard InChI is InChI=1S/C15H12Cl2FNO2/c16-10-2-1-9(13(17)7-10)5-6-19-15(21)12-4-3-11(20)8-14(12)18/h1-4,7-8,20H,5-6H2,(H,19,21). The summed E-state index contributed by atoms with van der Waals surface area (Å²) in [4.78, 5) is 11.8.